The lowest BCUT2D eigenvalue weighted by Crippen LogP contribution is -2.26. The Morgan fingerprint density at radius 2 is 1.57 bits per heavy atom. The zero-order valence-corrected chi connectivity index (χ0v) is 16.7. The molecule has 1 atom stereocenters. The van der Waals surface area contributed by atoms with E-state index >= 15 is 0 Å². The number of nitrogens with one attached hydrogen (secondary N) is 1. The van der Waals surface area contributed by atoms with Crippen molar-refractivity contribution < 1.29 is 14.3 Å². The standard InChI is InChI=1S/C25H22N2O3/c1-17(28)30-24(19-10-3-2-4-11-19)25(29)27-22-14-8-7-13-21(22)23-20-12-6-5-9-18(20)15-16-26-23/h2-14,24H,15-16H2,1H3,(H,27,29)/t24-/m1/s1. The van der Waals surface area contributed by atoms with Crippen LogP contribution in [0, 0.1) is 0 Å². The minimum absolute atomic E-state index is 0.409. The molecule has 0 aliphatic carbocycles. The lowest BCUT2D eigenvalue weighted by Gasteiger charge is -2.21. The Morgan fingerprint density at radius 3 is 2.33 bits per heavy atom. The highest BCUT2D eigenvalue weighted by atomic mass is 16.5. The number of para-hydroxylation sites is 1. The van der Waals surface area contributed by atoms with Gasteiger partial charge in [-0.25, -0.2) is 0 Å². The normalized spacial score (nSPS) is 13.6. The molecule has 0 saturated carbocycles. The number of aliphatic imine (C=N–C) groups is 1. The van der Waals surface area contributed by atoms with Gasteiger partial charge in [0.25, 0.3) is 5.91 Å². The van der Waals surface area contributed by atoms with Crippen LogP contribution in [0.5, 0.6) is 0 Å². The lowest BCUT2D eigenvalue weighted by molar-refractivity contribution is -0.152. The summed E-state index contributed by atoms with van der Waals surface area (Å²) < 4.78 is 5.33. The van der Waals surface area contributed by atoms with Crippen molar-refractivity contribution in [3.8, 4) is 0 Å². The summed E-state index contributed by atoms with van der Waals surface area (Å²) in [5, 5.41) is 2.95. The molecule has 0 fully saturated rings. The van der Waals surface area contributed by atoms with Crippen LogP contribution in [0.4, 0.5) is 5.69 Å². The molecule has 30 heavy (non-hydrogen) atoms. The molecule has 0 radical (unpaired) electrons. The average molecular weight is 398 g/mol. The van der Waals surface area contributed by atoms with Gasteiger partial charge in [-0.1, -0.05) is 72.8 Å². The molecule has 5 heteroatoms. The van der Waals surface area contributed by atoms with E-state index in [9.17, 15) is 9.59 Å². The summed E-state index contributed by atoms with van der Waals surface area (Å²) in [5.74, 6) is -0.925. The molecule has 0 spiro atoms. The molecule has 0 aromatic heterocycles. The Balaban J connectivity index is 1.67. The first-order chi connectivity index (χ1) is 14.6. The number of hydrogen-bond donors (Lipinski definition) is 1. The monoisotopic (exact) mass is 398 g/mol. The topological polar surface area (TPSA) is 67.8 Å². The van der Waals surface area contributed by atoms with Crippen LogP contribution in [0.3, 0.4) is 0 Å². The summed E-state index contributed by atoms with van der Waals surface area (Å²) >= 11 is 0. The van der Waals surface area contributed by atoms with Gasteiger partial charge in [0.1, 0.15) is 0 Å². The number of anilines is 1. The van der Waals surface area contributed by atoms with E-state index in [4.69, 9.17) is 9.73 Å². The molecule has 0 unspecified atom stereocenters. The second-order valence-corrected chi connectivity index (χ2v) is 7.07. The third-order valence-electron chi connectivity index (χ3n) is 4.99. The minimum atomic E-state index is -1.03. The predicted molar refractivity (Wildman–Crippen MR) is 117 cm³/mol. The van der Waals surface area contributed by atoms with Gasteiger partial charge in [-0.3, -0.25) is 14.6 Å². The van der Waals surface area contributed by atoms with E-state index in [1.54, 1.807) is 24.3 Å². The number of rotatable bonds is 5. The fraction of sp³-hybridized carbons (Fsp3) is 0.160. The number of esters is 1. The fourth-order valence-corrected chi connectivity index (χ4v) is 3.64. The molecule has 0 bridgehead atoms. The van der Waals surface area contributed by atoms with E-state index in [2.05, 4.69) is 17.4 Å². The maximum atomic E-state index is 13.1. The number of benzene rings is 3. The first-order valence-electron chi connectivity index (χ1n) is 9.88. The maximum absolute atomic E-state index is 13.1. The van der Waals surface area contributed by atoms with E-state index in [1.807, 2.05) is 42.5 Å². The highest BCUT2D eigenvalue weighted by molar-refractivity contribution is 6.18. The van der Waals surface area contributed by atoms with E-state index in [-0.39, 0.29) is 0 Å². The van der Waals surface area contributed by atoms with E-state index in [0.29, 0.717) is 17.8 Å². The molecule has 3 aromatic carbocycles. The number of amides is 1. The van der Waals surface area contributed by atoms with Crippen molar-refractivity contribution >= 4 is 23.3 Å². The predicted octanol–water partition coefficient (Wildman–Crippen LogP) is 4.32. The van der Waals surface area contributed by atoms with Crippen molar-refractivity contribution in [1.82, 2.24) is 0 Å². The third-order valence-corrected chi connectivity index (χ3v) is 4.99. The quantitative estimate of drug-likeness (QED) is 0.651. The SMILES string of the molecule is CC(=O)O[C@@H](C(=O)Nc1ccccc1C1=NCCc2ccccc21)c1ccccc1. The van der Waals surface area contributed by atoms with Gasteiger partial charge in [0, 0.05) is 30.2 Å². The van der Waals surface area contributed by atoms with Crippen LogP contribution in [0.1, 0.15) is 35.3 Å². The van der Waals surface area contributed by atoms with Crippen molar-refractivity contribution in [2.75, 3.05) is 11.9 Å². The summed E-state index contributed by atoms with van der Waals surface area (Å²) in [7, 11) is 0. The molecule has 4 rings (SSSR count). The Labute approximate surface area is 175 Å². The number of ether oxygens (including phenoxy) is 1. The molecule has 1 heterocycles. The fourth-order valence-electron chi connectivity index (χ4n) is 3.64. The van der Waals surface area contributed by atoms with Gasteiger partial charge in [-0.05, 0) is 18.1 Å². The Kier molecular flexibility index (Phi) is 5.70. The molecule has 1 N–H and O–H groups in total. The van der Waals surface area contributed by atoms with Crippen LogP contribution in [0.2, 0.25) is 0 Å². The lowest BCUT2D eigenvalue weighted by atomic mass is 9.92. The minimum Gasteiger partial charge on any atom is -0.447 e. The zero-order chi connectivity index (χ0) is 20.9. The maximum Gasteiger partial charge on any atom is 0.303 e. The van der Waals surface area contributed by atoms with Gasteiger partial charge in [-0.15, -0.1) is 0 Å². The van der Waals surface area contributed by atoms with Gasteiger partial charge >= 0.3 is 5.97 Å². The van der Waals surface area contributed by atoms with Gasteiger partial charge < -0.3 is 10.1 Å². The second-order valence-electron chi connectivity index (χ2n) is 7.07. The summed E-state index contributed by atoms with van der Waals surface area (Å²) in [6.07, 6.45) is -0.131. The molecular formula is C25H22N2O3. The van der Waals surface area contributed by atoms with Crippen molar-refractivity contribution in [1.29, 1.82) is 0 Å². The van der Waals surface area contributed by atoms with Crippen LogP contribution in [-0.2, 0) is 20.7 Å². The van der Waals surface area contributed by atoms with Gasteiger partial charge in [0.05, 0.1) is 11.4 Å². The zero-order valence-electron chi connectivity index (χ0n) is 16.7. The average Bonchev–Trinajstić information content (AvgIpc) is 2.78. The smallest absolute Gasteiger partial charge is 0.303 e. The highest BCUT2D eigenvalue weighted by Gasteiger charge is 2.25. The van der Waals surface area contributed by atoms with E-state index < -0.39 is 18.0 Å². The number of hydrogen-bond acceptors (Lipinski definition) is 4. The number of carbonyl (C=O) groups excluding carboxylic acids is 2. The van der Waals surface area contributed by atoms with Crippen LogP contribution in [0.15, 0.2) is 83.9 Å². The summed E-state index contributed by atoms with van der Waals surface area (Å²) in [6.45, 7) is 2.00. The summed E-state index contributed by atoms with van der Waals surface area (Å²) in [5.41, 5.74) is 5.26. The van der Waals surface area contributed by atoms with Crippen molar-refractivity contribution in [3.05, 3.63) is 101 Å². The van der Waals surface area contributed by atoms with Crippen LogP contribution >= 0.6 is 0 Å². The van der Waals surface area contributed by atoms with Crippen LogP contribution in [0.25, 0.3) is 0 Å². The van der Waals surface area contributed by atoms with Gasteiger partial charge in [-0.2, -0.15) is 0 Å². The van der Waals surface area contributed by atoms with Crippen LogP contribution < -0.4 is 5.32 Å². The second kappa shape index (κ2) is 8.74. The molecule has 150 valence electrons. The number of nitrogens with zero attached hydrogens (tertiary/aromatic N) is 1. The first-order valence-corrected chi connectivity index (χ1v) is 9.88. The van der Waals surface area contributed by atoms with Crippen LogP contribution in [-0.4, -0.2) is 24.1 Å². The summed E-state index contributed by atoms with van der Waals surface area (Å²) in [4.78, 5) is 29.5. The van der Waals surface area contributed by atoms with Gasteiger partial charge in [0.2, 0.25) is 6.10 Å². The van der Waals surface area contributed by atoms with Crippen molar-refractivity contribution in [3.63, 3.8) is 0 Å². The largest absolute Gasteiger partial charge is 0.447 e. The molecule has 1 amide bonds. The Morgan fingerprint density at radius 1 is 0.900 bits per heavy atom. The molecular weight excluding hydrogens is 376 g/mol. The Hall–Kier alpha value is -3.73. The van der Waals surface area contributed by atoms with Gasteiger partial charge in [0.15, 0.2) is 0 Å². The molecule has 5 nitrogen and oxygen atoms in total. The van der Waals surface area contributed by atoms with Crippen molar-refractivity contribution in [2.45, 2.75) is 19.4 Å². The summed E-state index contributed by atoms with van der Waals surface area (Å²) in [6, 6.07) is 24.7. The highest BCUT2D eigenvalue weighted by Crippen LogP contribution is 2.27. The molecule has 0 saturated heterocycles. The van der Waals surface area contributed by atoms with E-state index in [0.717, 1.165) is 23.3 Å². The molecule has 1 aliphatic rings. The van der Waals surface area contributed by atoms with E-state index in [1.165, 1.54) is 12.5 Å². The molecule has 1 aliphatic heterocycles. The van der Waals surface area contributed by atoms with Crippen molar-refractivity contribution in [2.24, 2.45) is 4.99 Å². The number of fused-ring (bicyclic) bond motifs is 1. The third kappa shape index (κ3) is 4.15. The molecule has 3 aromatic rings. The number of carbonyl (C=O) groups is 2. The first kappa shape index (κ1) is 19.6. The Bertz CT molecular complexity index is 1110.